The van der Waals surface area contributed by atoms with E-state index in [9.17, 15) is 4.79 Å². The zero-order valence-electron chi connectivity index (χ0n) is 9.75. The highest BCUT2D eigenvalue weighted by Crippen LogP contribution is 2.35. The van der Waals surface area contributed by atoms with Gasteiger partial charge < -0.3 is 4.74 Å². The molecule has 0 aliphatic heterocycles. The van der Waals surface area contributed by atoms with E-state index in [4.69, 9.17) is 4.74 Å². The number of hydrogen-bond acceptors (Lipinski definition) is 2. The van der Waals surface area contributed by atoms with Crippen molar-refractivity contribution in [3.63, 3.8) is 0 Å². The first-order valence-corrected chi connectivity index (χ1v) is 5.68. The molecule has 1 aliphatic rings. The summed E-state index contributed by atoms with van der Waals surface area (Å²) in [6, 6.07) is 0. The number of carbonyl (C=O) groups is 1. The van der Waals surface area contributed by atoms with Crippen LogP contribution in [0.4, 0.5) is 0 Å². The van der Waals surface area contributed by atoms with Crippen LogP contribution in [0.1, 0.15) is 47.0 Å². The van der Waals surface area contributed by atoms with E-state index in [1.165, 1.54) is 19.8 Å². The van der Waals surface area contributed by atoms with E-state index in [1.807, 2.05) is 0 Å². The van der Waals surface area contributed by atoms with Crippen LogP contribution >= 0.6 is 0 Å². The van der Waals surface area contributed by atoms with Gasteiger partial charge in [0.25, 0.3) is 0 Å². The Morgan fingerprint density at radius 1 is 1.36 bits per heavy atom. The van der Waals surface area contributed by atoms with Crippen LogP contribution < -0.4 is 0 Å². The summed E-state index contributed by atoms with van der Waals surface area (Å²) in [5.41, 5.74) is 0. The van der Waals surface area contributed by atoms with Gasteiger partial charge in [-0.2, -0.15) is 0 Å². The van der Waals surface area contributed by atoms with E-state index in [1.54, 1.807) is 0 Å². The summed E-state index contributed by atoms with van der Waals surface area (Å²) in [7, 11) is 0. The van der Waals surface area contributed by atoms with Crippen molar-refractivity contribution in [2.75, 3.05) is 0 Å². The Labute approximate surface area is 87.0 Å². The minimum atomic E-state index is -0.130. The topological polar surface area (TPSA) is 26.3 Å². The predicted octanol–water partition coefficient (Wildman–Crippen LogP) is 3.01. The van der Waals surface area contributed by atoms with Crippen LogP contribution in [0.2, 0.25) is 0 Å². The van der Waals surface area contributed by atoms with Crippen LogP contribution in [0.15, 0.2) is 0 Å². The van der Waals surface area contributed by atoms with Gasteiger partial charge in [-0.3, -0.25) is 4.79 Å². The lowest BCUT2D eigenvalue weighted by Gasteiger charge is -2.36. The molecule has 1 aliphatic carbocycles. The highest BCUT2D eigenvalue weighted by molar-refractivity contribution is 5.66. The van der Waals surface area contributed by atoms with E-state index in [0.717, 1.165) is 6.42 Å². The highest BCUT2D eigenvalue weighted by Gasteiger charge is 2.32. The van der Waals surface area contributed by atoms with Crippen molar-refractivity contribution in [3.8, 4) is 0 Å². The summed E-state index contributed by atoms with van der Waals surface area (Å²) in [6.45, 7) is 8.19. The summed E-state index contributed by atoms with van der Waals surface area (Å²) >= 11 is 0. The zero-order valence-corrected chi connectivity index (χ0v) is 9.75. The van der Waals surface area contributed by atoms with E-state index in [2.05, 4.69) is 20.8 Å². The lowest BCUT2D eigenvalue weighted by atomic mass is 9.75. The molecule has 0 N–H and O–H groups in total. The van der Waals surface area contributed by atoms with Gasteiger partial charge in [0.2, 0.25) is 0 Å². The van der Waals surface area contributed by atoms with Crippen molar-refractivity contribution in [1.82, 2.24) is 0 Å². The van der Waals surface area contributed by atoms with Crippen LogP contribution in [-0.2, 0) is 9.53 Å². The Hall–Kier alpha value is -0.530. The van der Waals surface area contributed by atoms with Gasteiger partial charge in [0.15, 0.2) is 0 Å². The molecule has 0 heterocycles. The van der Waals surface area contributed by atoms with Gasteiger partial charge in [-0.15, -0.1) is 0 Å². The summed E-state index contributed by atoms with van der Waals surface area (Å²) in [4.78, 5) is 11.0. The summed E-state index contributed by atoms with van der Waals surface area (Å²) in [6.07, 6.45) is 3.69. The highest BCUT2D eigenvalue weighted by atomic mass is 16.5. The first kappa shape index (κ1) is 11.5. The van der Waals surface area contributed by atoms with Gasteiger partial charge in [0.1, 0.15) is 6.10 Å². The van der Waals surface area contributed by atoms with Crippen LogP contribution in [0.3, 0.4) is 0 Å². The third kappa shape index (κ3) is 3.00. The van der Waals surface area contributed by atoms with Crippen molar-refractivity contribution >= 4 is 5.97 Å². The molecule has 14 heavy (non-hydrogen) atoms. The summed E-state index contributed by atoms with van der Waals surface area (Å²) < 4.78 is 5.40. The largest absolute Gasteiger partial charge is 0.462 e. The van der Waals surface area contributed by atoms with E-state index < -0.39 is 0 Å². The minimum Gasteiger partial charge on any atom is -0.462 e. The number of carbonyl (C=O) groups excluding carboxylic acids is 1. The monoisotopic (exact) mass is 198 g/mol. The molecule has 2 heteroatoms. The molecular formula is C12H22O2. The molecule has 0 radical (unpaired) electrons. The van der Waals surface area contributed by atoms with Gasteiger partial charge >= 0.3 is 5.97 Å². The predicted molar refractivity (Wildman–Crippen MR) is 56.9 cm³/mol. The molecule has 82 valence electrons. The average molecular weight is 198 g/mol. The molecule has 1 unspecified atom stereocenters. The van der Waals surface area contributed by atoms with E-state index >= 15 is 0 Å². The summed E-state index contributed by atoms with van der Waals surface area (Å²) in [5.74, 6) is 1.76. The molecular weight excluding hydrogens is 176 g/mol. The van der Waals surface area contributed by atoms with Crippen LogP contribution in [0.25, 0.3) is 0 Å². The minimum absolute atomic E-state index is 0.130. The fourth-order valence-corrected chi connectivity index (χ4v) is 2.46. The smallest absolute Gasteiger partial charge is 0.302 e. The normalized spacial score (nSPS) is 33.1. The molecule has 0 aromatic heterocycles. The molecule has 1 saturated carbocycles. The van der Waals surface area contributed by atoms with Crippen LogP contribution in [0, 0.1) is 17.8 Å². The van der Waals surface area contributed by atoms with Crippen molar-refractivity contribution in [2.24, 2.45) is 17.8 Å². The molecule has 0 aromatic carbocycles. The second-order valence-electron chi connectivity index (χ2n) is 4.97. The molecule has 0 spiro atoms. The Balaban J connectivity index is 2.58. The van der Waals surface area contributed by atoms with E-state index in [0.29, 0.717) is 17.8 Å². The fourth-order valence-electron chi connectivity index (χ4n) is 2.46. The van der Waals surface area contributed by atoms with Crippen LogP contribution in [-0.4, -0.2) is 12.1 Å². The molecule has 0 saturated heterocycles. The molecule has 2 nitrogen and oxygen atoms in total. The Morgan fingerprint density at radius 2 is 2.00 bits per heavy atom. The average Bonchev–Trinajstić information content (AvgIpc) is 2.01. The second kappa shape index (κ2) is 4.81. The molecule has 0 bridgehead atoms. The third-order valence-corrected chi connectivity index (χ3v) is 3.28. The molecule has 1 fully saturated rings. The third-order valence-electron chi connectivity index (χ3n) is 3.28. The Bertz CT molecular complexity index is 198. The molecule has 3 atom stereocenters. The number of esters is 1. The maximum Gasteiger partial charge on any atom is 0.302 e. The first-order valence-electron chi connectivity index (χ1n) is 5.68. The quantitative estimate of drug-likeness (QED) is 0.637. The lowest BCUT2D eigenvalue weighted by molar-refractivity contribution is -0.153. The Morgan fingerprint density at radius 3 is 2.50 bits per heavy atom. The van der Waals surface area contributed by atoms with Crippen molar-refractivity contribution < 1.29 is 9.53 Å². The fraction of sp³-hybridized carbons (Fsp3) is 0.917. The molecule has 0 amide bonds. The number of ether oxygens (including phenoxy) is 1. The van der Waals surface area contributed by atoms with Crippen molar-refractivity contribution in [2.45, 2.75) is 53.1 Å². The van der Waals surface area contributed by atoms with Gasteiger partial charge in [0.05, 0.1) is 0 Å². The standard InChI is InChI=1S/C12H22O2/c1-8(2)11-6-5-9(3)7-12(11)14-10(4)13/h8-9,11-12H,5-7H2,1-4H3/t9?,11-,12+/m0/s1. The van der Waals surface area contributed by atoms with Crippen molar-refractivity contribution in [1.29, 1.82) is 0 Å². The lowest BCUT2D eigenvalue weighted by Crippen LogP contribution is -2.35. The number of rotatable bonds is 2. The zero-order chi connectivity index (χ0) is 10.7. The second-order valence-corrected chi connectivity index (χ2v) is 4.97. The summed E-state index contributed by atoms with van der Waals surface area (Å²) in [5, 5.41) is 0. The van der Waals surface area contributed by atoms with Gasteiger partial charge in [-0.25, -0.2) is 0 Å². The number of hydrogen-bond donors (Lipinski definition) is 0. The van der Waals surface area contributed by atoms with Gasteiger partial charge in [0, 0.05) is 6.92 Å². The van der Waals surface area contributed by atoms with Crippen molar-refractivity contribution in [3.05, 3.63) is 0 Å². The first-order chi connectivity index (χ1) is 6.50. The van der Waals surface area contributed by atoms with E-state index in [-0.39, 0.29) is 12.1 Å². The molecule has 0 aromatic rings. The Kier molecular flexibility index (Phi) is 3.97. The van der Waals surface area contributed by atoms with Gasteiger partial charge in [-0.05, 0) is 30.6 Å². The maximum absolute atomic E-state index is 11.0. The maximum atomic E-state index is 11.0. The molecule has 1 rings (SSSR count). The van der Waals surface area contributed by atoms with Gasteiger partial charge in [-0.1, -0.05) is 27.2 Å². The van der Waals surface area contributed by atoms with Crippen LogP contribution in [0.5, 0.6) is 0 Å². The SMILES string of the molecule is CC(=O)O[C@@H]1CC(C)CC[C@H]1C(C)C.